The maximum absolute atomic E-state index is 13.0. The molecule has 0 bridgehead atoms. The van der Waals surface area contributed by atoms with Gasteiger partial charge in [0.05, 0.1) is 19.3 Å². The van der Waals surface area contributed by atoms with Gasteiger partial charge in [-0.25, -0.2) is 4.79 Å². The fourth-order valence-electron chi connectivity index (χ4n) is 4.19. The normalized spacial score (nSPS) is 22.3. The second kappa shape index (κ2) is 8.43. The summed E-state index contributed by atoms with van der Waals surface area (Å²) in [6.45, 7) is 3.70. The summed E-state index contributed by atoms with van der Waals surface area (Å²) >= 11 is 0. The number of carbonyl (C=O) groups excluding carboxylic acids is 2. The molecule has 0 aromatic heterocycles. The van der Waals surface area contributed by atoms with Crippen molar-refractivity contribution in [2.24, 2.45) is 11.8 Å². The van der Waals surface area contributed by atoms with Crippen molar-refractivity contribution in [3.05, 3.63) is 23.8 Å². The van der Waals surface area contributed by atoms with E-state index in [4.69, 9.17) is 9.47 Å². The number of likely N-dealkylation sites (tertiary alicyclic amines) is 1. The van der Waals surface area contributed by atoms with Crippen molar-refractivity contribution in [1.29, 1.82) is 0 Å². The molecule has 1 aliphatic carbocycles. The third-order valence-corrected chi connectivity index (χ3v) is 5.53. The van der Waals surface area contributed by atoms with Crippen LogP contribution in [0.15, 0.2) is 18.2 Å². The molecule has 0 unspecified atom stereocenters. The molecule has 1 saturated heterocycles. The van der Waals surface area contributed by atoms with Gasteiger partial charge in [0, 0.05) is 24.8 Å². The molecule has 1 aliphatic heterocycles. The predicted octanol–water partition coefficient (Wildman–Crippen LogP) is 3.92. The van der Waals surface area contributed by atoms with E-state index in [-0.39, 0.29) is 5.91 Å². The van der Waals surface area contributed by atoms with Crippen LogP contribution >= 0.6 is 0 Å². The first kappa shape index (κ1) is 18.5. The van der Waals surface area contributed by atoms with Crippen LogP contribution in [0.5, 0.6) is 5.75 Å². The van der Waals surface area contributed by atoms with Gasteiger partial charge in [-0.15, -0.1) is 0 Å². The monoisotopic (exact) mass is 360 g/mol. The topological polar surface area (TPSA) is 67.9 Å². The second-order valence-electron chi connectivity index (χ2n) is 7.10. The Morgan fingerprint density at radius 1 is 1.19 bits per heavy atom. The molecule has 2 amide bonds. The summed E-state index contributed by atoms with van der Waals surface area (Å²) in [6.07, 6.45) is 5.73. The molecule has 1 heterocycles. The van der Waals surface area contributed by atoms with Crippen molar-refractivity contribution in [1.82, 2.24) is 4.90 Å². The Morgan fingerprint density at radius 3 is 2.69 bits per heavy atom. The number of nitrogens with one attached hydrogen (secondary N) is 1. The number of nitrogens with zero attached hydrogens (tertiary/aromatic N) is 1. The highest BCUT2D eigenvalue weighted by Crippen LogP contribution is 2.37. The predicted molar refractivity (Wildman–Crippen MR) is 99.6 cm³/mol. The number of methoxy groups -OCH3 is 1. The van der Waals surface area contributed by atoms with Crippen molar-refractivity contribution in [3.63, 3.8) is 0 Å². The third-order valence-electron chi connectivity index (χ3n) is 5.53. The summed E-state index contributed by atoms with van der Waals surface area (Å²) in [7, 11) is 1.54. The highest BCUT2D eigenvalue weighted by Gasteiger charge is 2.33. The maximum atomic E-state index is 13.0. The van der Waals surface area contributed by atoms with Crippen LogP contribution in [0.4, 0.5) is 10.5 Å². The van der Waals surface area contributed by atoms with Crippen LogP contribution < -0.4 is 10.1 Å². The first-order chi connectivity index (χ1) is 12.6. The molecule has 2 aliphatic rings. The number of anilines is 1. The summed E-state index contributed by atoms with van der Waals surface area (Å²) in [5, 5.41) is 2.63. The SMILES string of the molecule is CCOC(=O)Nc1ccc(C(=O)N2CC[C@@H]3CCCC[C@H]3C2)c(OC)c1. The average Bonchev–Trinajstić information content (AvgIpc) is 2.67. The lowest BCUT2D eigenvalue weighted by Gasteiger charge is -2.41. The van der Waals surface area contributed by atoms with Gasteiger partial charge < -0.3 is 14.4 Å². The minimum atomic E-state index is -0.520. The molecule has 3 rings (SSSR count). The number of amides is 2. The Morgan fingerprint density at radius 2 is 1.96 bits per heavy atom. The van der Waals surface area contributed by atoms with Gasteiger partial charge in [0.25, 0.3) is 5.91 Å². The Bertz CT molecular complexity index is 661. The fraction of sp³-hybridized carbons (Fsp3) is 0.600. The van der Waals surface area contributed by atoms with Crippen LogP contribution in [-0.4, -0.2) is 43.7 Å². The zero-order valence-electron chi connectivity index (χ0n) is 15.6. The van der Waals surface area contributed by atoms with Gasteiger partial charge in [-0.2, -0.15) is 0 Å². The van der Waals surface area contributed by atoms with Crippen LogP contribution in [0, 0.1) is 11.8 Å². The van der Waals surface area contributed by atoms with E-state index in [0.29, 0.717) is 29.5 Å². The summed E-state index contributed by atoms with van der Waals surface area (Å²) < 4.78 is 10.3. The van der Waals surface area contributed by atoms with E-state index in [9.17, 15) is 9.59 Å². The lowest BCUT2D eigenvalue weighted by atomic mass is 9.75. The van der Waals surface area contributed by atoms with Crippen LogP contribution in [0.25, 0.3) is 0 Å². The molecule has 1 aromatic rings. The van der Waals surface area contributed by atoms with Gasteiger partial charge in [0.1, 0.15) is 5.75 Å². The first-order valence-corrected chi connectivity index (χ1v) is 9.53. The number of carbonyl (C=O) groups is 2. The van der Waals surface area contributed by atoms with Crippen molar-refractivity contribution in [2.75, 3.05) is 32.1 Å². The molecule has 1 saturated carbocycles. The van der Waals surface area contributed by atoms with Gasteiger partial charge >= 0.3 is 6.09 Å². The van der Waals surface area contributed by atoms with E-state index < -0.39 is 6.09 Å². The summed E-state index contributed by atoms with van der Waals surface area (Å²) in [4.78, 5) is 26.5. The minimum Gasteiger partial charge on any atom is -0.496 e. The molecule has 0 spiro atoms. The summed E-state index contributed by atoms with van der Waals surface area (Å²) in [5.41, 5.74) is 1.08. The number of hydrogen-bond acceptors (Lipinski definition) is 4. The van der Waals surface area contributed by atoms with Gasteiger partial charge in [-0.3, -0.25) is 10.1 Å². The number of piperidine rings is 1. The van der Waals surface area contributed by atoms with E-state index in [1.807, 2.05) is 4.90 Å². The number of ether oxygens (including phenoxy) is 2. The lowest BCUT2D eigenvalue weighted by molar-refractivity contribution is 0.0518. The minimum absolute atomic E-state index is 0.00792. The molecule has 6 heteroatoms. The lowest BCUT2D eigenvalue weighted by Crippen LogP contribution is -2.44. The summed E-state index contributed by atoms with van der Waals surface area (Å²) in [6, 6.07) is 5.09. The van der Waals surface area contributed by atoms with Crippen molar-refractivity contribution < 1.29 is 19.1 Å². The number of fused-ring (bicyclic) bond motifs is 1. The summed E-state index contributed by atoms with van der Waals surface area (Å²) in [5.74, 6) is 1.90. The largest absolute Gasteiger partial charge is 0.496 e. The van der Waals surface area contributed by atoms with E-state index in [1.54, 1.807) is 25.1 Å². The van der Waals surface area contributed by atoms with Crippen LogP contribution in [0.2, 0.25) is 0 Å². The van der Waals surface area contributed by atoms with Gasteiger partial charge in [0.15, 0.2) is 0 Å². The first-order valence-electron chi connectivity index (χ1n) is 9.53. The van der Waals surface area contributed by atoms with Crippen molar-refractivity contribution in [3.8, 4) is 5.75 Å². The quantitative estimate of drug-likeness (QED) is 0.884. The molecular weight excluding hydrogens is 332 g/mol. The standard InChI is InChI=1S/C20H28N2O4/c1-3-26-20(24)21-16-8-9-17(18(12-16)25-2)19(23)22-11-10-14-6-4-5-7-15(14)13-22/h8-9,12,14-15H,3-7,10-11,13H2,1-2H3,(H,21,24)/t14-,15-/m0/s1. The van der Waals surface area contributed by atoms with E-state index in [0.717, 1.165) is 25.4 Å². The van der Waals surface area contributed by atoms with Crippen molar-refractivity contribution in [2.45, 2.75) is 39.0 Å². The molecule has 1 aromatic carbocycles. The molecular formula is C20H28N2O4. The Hall–Kier alpha value is -2.24. The van der Waals surface area contributed by atoms with Crippen LogP contribution in [-0.2, 0) is 4.74 Å². The van der Waals surface area contributed by atoms with Crippen LogP contribution in [0.3, 0.4) is 0 Å². The molecule has 0 radical (unpaired) electrons. The Labute approximate surface area is 154 Å². The number of rotatable bonds is 4. The van der Waals surface area contributed by atoms with Gasteiger partial charge in [0.2, 0.25) is 0 Å². The molecule has 26 heavy (non-hydrogen) atoms. The second-order valence-corrected chi connectivity index (χ2v) is 7.10. The molecule has 2 fully saturated rings. The highest BCUT2D eigenvalue weighted by molar-refractivity contribution is 5.98. The molecule has 1 N–H and O–H groups in total. The number of hydrogen-bond donors (Lipinski definition) is 1. The Kier molecular flexibility index (Phi) is 6.01. The molecule has 6 nitrogen and oxygen atoms in total. The highest BCUT2D eigenvalue weighted by atomic mass is 16.5. The molecule has 142 valence electrons. The van der Waals surface area contributed by atoms with Crippen LogP contribution in [0.1, 0.15) is 49.4 Å². The van der Waals surface area contributed by atoms with Crippen molar-refractivity contribution >= 4 is 17.7 Å². The Balaban J connectivity index is 1.71. The average molecular weight is 360 g/mol. The van der Waals surface area contributed by atoms with Gasteiger partial charge in [-0.1, -0.05) is 19.3 Å². The number of benzene rings is 1. The van der Waals surface area contributed by atoms with E-state index >= 15 is 0 Å². The van der Waals surface area contributed by atoms with E-state index in [1.165, 1.54) is 32.8 Å². The third kappa shape index (κ3) is 4.11. The molecule has 2 atom stereocenters. The zero-order chi connectivity index (χ0) is 18.5. The zero-order valence-corrected chi connectivity index (χ0v) is 15.6. The van der Waals surface area contributed by atoms with Gasteiger partial charge in [-0.05, 0) is 43.7 Å². The smallest absolute Gasteiger partial charge is 0.411 e. The van der Waals surface area contributed by atoms with E-state index in [2.05, 4.69) is 5.32 Å². The maximum Gasteiger partial charge on any atom is 0.411 e. The fourth-order valence-corrected chi connectivity index (χ4v) is 4.19.